The zero-order valence-corrected chi connectivity index (χ0v) is 17.4. The van der Waals surface area contributed by atoms with Crippen molar-refractivity contribution in [1.29, 1.82) is 0 Å². The van der Waals surface area contributed by atoms with Crippen molar-refractivity contribution in [3.63, 3.8) is 0 Å². The molecule has 2 rings (SSSR count). The average molecular weight is 396 g/mol. The molecule has 0 aliphatic carbocycles. The van der Waals surface area contributed by atoms with Crippen LogP contribution in [0.25, 0.3) is 0 Å². The van der Waals surface area contributed by atoms with E-state index in [2.05, 4.69) is 15.6 Å². The number of hydrogen-bond acceptors (Lipinski definition) is 6. The Hall–Kier alpha value is -2.19. The van der Waals surface area contributed by atoms with Gasteiger partial charge in [0.25, 0.3) is 0 Å². The minimum Gasteiger partial charge on any atom is -0.493 e. The van der Waals surface area contributed by atoms with Crippen molar-refractivity contribution in [2.45, 2.75) is 19.3 Å². The second-order valence-corrected chi connectivity index (χ2v) is 6.52. The lowest BCUT2D eigenvalue weighted by Gasteiger charge is -2.21. The monoisotopic (exact) mass is 395 g/mol. The van der Waals surface area contributed by atoms with Crippen molar-refractivity contribution in [3.05, 3.63) is 12.1 Å². The Morgan fingerprint density at radius 1 is 1.11 bits per heavy atom. The first-order chi connectivity index (χ1) is 13.7. The molecule has 1 aliphatic rings. The number of aliphatic imine (C=N–C) groups is 1. The summed E-state index contributed by atoms with van der Waals surface area (Å²) in [5, 5.41) is 6.53. The van der Waals surface area contributed by atoms with Gasteiger partial charge in [0.15, 0.2) is 17.5 Å². The van der Waals surface area contributed by atoms with Crippen LogP contribution in [0.2, 0.25) is 0 Å². The number of guanidine groups is 1. The third-order valence-corrected chi connectivity index (χ3v) is 4.60. The van der Waals surface area contributed by atoms with Crippen LogP contribution in [0.1, 0.15) is 19.3 Å². The van der Waals surface area contributed by atoms with Gasteiger partial charge in [0.2, 0.25) is 5.75 Å². The number of methoxy groups -OCH3 is 3. The van der Waals surface area contributed by atoms with Gasteiger partial charge in [0, 0.05) is 57.8 Å². The van der Waals surface area contributed by atoms with E-state index in [0.717, 1.165) is 57.9 Å². The van der Waals surface area contributed by atoms with Crippen LogP contribution in [0.3, 0.4) is 0 Å². The SMILES string of the molecule is CN=C(NCCCOCC1CCOCC1)Nc1cc(OC)c(OC)c(OC)c1. The van der Waals surface area contributed by atoms with Gasteiger partial charge >= 0.3 is 0 Å². The minimum atomic E-state index is 0.556. The molecule has 8 heteroatoms. The summed E-state index contributed by atoms with van der Waals surface area (Å²) in [6.07, 6.45) is 3.10. The van der Waals surface area contributed by atoms with Gasteiger partial charge in [0.1, 0.15) is 0 Å². The maximum absolute atomic E-state index is 5.79. The highest BCUT2D eigenvalue weighted by Crippen LogP contribution is 2.39. The summed E-state index contributed by atoms with van der Waals surface area (Å²) in [6.45, 7) is 4.03. The third-order valence-electron chi connectivity index (χ3n) is 4.60. The fourth-order valence-corrected chi connectivity index (χ4v) is 3.01. The van der Waals surface area contributed by atoms with Gasteiger partial charge in [-0.2, -0.15) is 0 Å². The molecule has 158 valence electrons. The van der Waals surface area contributed by atoms with Crippen LogP contribution < -0.4 is 24.8 Å². The molecule has 0 spiro atoms. The Bertz CT molecular complexity index is 593. The van der Waals surface area contributed by atoms with E-state index in [0.29, 0.717) is 29.1 Å². The van der Waals surface area contributed by atoms with Gasteiger partial charge in [0.05, 0.1) is 21.3 Å². The van der Waals surface area contributed by atoms with E-state index >= 15 is 0 Å². The second kappa shape index (κ2) is 12.3. The summed E-state index contributed by atoms with van der Waals surface area (Å²) >= 11 is 0. The Morgan fingerprint density at radius 2 is 1.79 bits per heavy atom. The number of ether oxygens (including phenoxy) is 5. The van der Waals surface area contributed by atoms with Crippen molar-refractivity contribution >= 4 is 11.6 Å². The molecular weight excluding hydrogens is 362 g/mol. The molecule has 28 heavy (non-hydrogen) atoms. The Morgan fingerprint density at radius 3 is 2.36 bits per heavy atom. The van der Waals surface area contributed by atoms with E-state index in [1.54, 1.807) is 28.4 Å². The summed E-state index contributed by atoms with van der Waals surface area (Å²) in [5.41, 5.74) is 0.790. The first-order valence-corrected chi connectivity index (χ1v) is 9.65. The van der Waals surface area contributed by atoms with E-state index in [1.807, 2.05) is 12.1 Å². The summed E-state index contributed by atoms with van der Waals surface area (Å²) in [7, 11) is 6.50. The molecule has 1 saturated heterocycles. The van der Waals surface area contributed by atoms with Gasteiger partial charge in [-0.05, 0) is 25.2 Å². The molecule has 0 amide bonds. The highest BCUT2D eigenvalue weighted by Gasteiger charge is 2.14. The number of hydrogen-bond donors (Lipinski definition) is 2. The van der Waals surface area contributed by atoms with Gasteiger partial charge in [-0.1, -0.05) is 0 Å². The lowest BCUT2D eigenvalue weighted by atomic mass is 10.0. The Kier molecular flexibility index (Phi) is 9.71. The maximum Gasteiger partial charge on any atom is 0.203 e. The highest BCUT2D eigenvalue weighted by atomic mass is 16.5. The van der Waals surface area contributed by atoms with Crippen LogP contribution in [0, 0.1) is 5.92 Å². The predicted molar refractivity (Wildman–Crippen MR) is 110 cm³/mol. The van der Waals surface area contributed by atoms with Gasteiger partial charge in [-0.3, -0.25) is 4.99 Å². The smallest absolute Gasteiger partial charge is 0.203 e. The van der Waals surface area contributed by atoms with Crippen molar-refractivity contribution in [1.82, 2.24) is 5.32 Å². The first kappa shape index (κ1) is 22.1. The molecule has 0 aromatic heterocycles. The second-order valence-electron chi connectivity index (χ2n) is 6.52. The molecule has 1 aromatic carbocycles. The van der Waals surface area contributed by atoms with Crippen LogP contribution >= 0.6 is 0 Å². The maximum atomic E-state index is 5.79. The van der Waals surface area contributed by atoms with E-state index < -0.39 is 0 Å². The van der Waals surface area contributed by atoms with E-state index in [-0.39, 0.29) is 0 Å². The fraction of sp³-hybridized carbons (Fsp3) is 0.650. The van der Waals surface area contributed by atoms with Crippen molar-refractivity contribution in [2.24, 2.45) is 10.9 Å². The number of rotatable bonds is 10. The lowest BCUT2D eigenvalue weighted by molar-refractivity contribution is 0.0203. The molecule has 0 saturated carbocycles. The number of anilines is 1. The largest absolute Gasteiger partial charge is 0.493 e. The van der Waals surface area contributed by atoms with Crippen LogP contribution in [0.15, 0.2) is 17.1 Å². The summed E-state index contributed by atoms with van der Waals surface area (Å²) in [5.74, 6) is 3.03. The molecule has 0 radical (unpaired) electrons. The zero-order valence-electron chi connectivity index (χ0n) is 17.4. The van der Waals surface area contributed by atoms with Crippen LogP contribution in [-0.2, 0) is 9.47 Å². The molecule has 1 fully saturated rings. The normalized spacial score (nSPS) is 15.2. The van der Waals surface area contributed by atoms with Crippen LogP contribution in [0.5, 0.6) is 17.2 Å². The zero-order chi connectivity index (χ0) is 20.2. The van der Waals surface area contributed by atoms with Gasteiger partial charge < -0.3 is 34.3 Å². The van der Waals surface area contributed by atoms with Crippen molar-refractivity contribution in [2.75, 3.05) is 66.7 Å². The standard InChI is InChI=1S/C20H33N3O5/c1-21-20(22-8-5-9-28-14-15-6-10-27-11-7-15)23-16-12-17(24-2)19(26-4)18(13-16)25-3/h12-13,15H,5-11,14H2,1-4H3,(H2,21,22,23). The van der Waals surface area contributed by atoms with E-state index in [4.69, 9.17) is 23.7 Å². The molecule has 0 atom stereocenters. The summed E-state index contributed by atoms with van der Waals surface area (Å²) < 4.78 is 27.3. The molecule has 1 aromatic rings. The number of nitrogens with zero attached hydrogens (tertiary/aromatic N) is 1. The molecule has 1 aliphatic heterocycles. The Labute approximate surface area is 167 Å². The quantitative estimate of drug-likeness (QED) is 0.358. The number of benzene rings is 1. The van der Waals surface area contributed by atoms with Crippen LogP contribution in [0.4, 0.5) is 5.69 Å². The van der Waals surface area contributed by atoms with E-state index in [1.165, 1.54) is 0 Å². The Balaban J connectivity index is 1.76. The lowest BCUT2D eigenvalue weighted by Crippen LogP contribution is -2.32. The predicted octanol–water partition coefficient (Wildman–Crippen LogP) is 2.53. The molecule has 2 N–H and O–H groups in total. The fourth-order valence-electron chi connectivity index (χ4n) is 3.01. The molecular formula is C20H33N3O5. The highest BCUT2D eigenvalue weighted by molar-refractivity contribution is 5.94. The minimum absolute atomic E-state index is 0.556. The molecule has 1 heterocycles. The molecule has 8 nitrogen and oxygen atoms in total. The van der Waals surface area contributed by atoms with Gasteiger partial charge in [-0.25, -0.2) is 0 Å². The van der Waals surface area contributed by atoms with E-state index in [9.17, 15) is 0 Å². The van der Waals surface area contributed by atoms with Crippen molar-refractivity contribution < 1.29 is 23.7 Å². The molecule has 0 unspecified atom stereocenters. The average Bonchev–Trinajstić information content (AvgIpc) is 2.75. The molecule has 0 bridgehead atoms. The summed E-state index contributed by atoms with van der Waals surface area (Å²) in [4.78, 5) is 4.25. The van der Waals surface area contributed by atoms with Gasteiger partial charge in [-0.15, -0.1) is 0 Å². The third kappa shape index (κ3) is 6.76. The summed E-state index contributed by atoms with van der Waals surface area (Å²) in [6, 6.07) is 3.68. The topological polar surface area (TPSA) is 82.6 Å². The number of nitrogens with one attached hydrogen (secondary N) is 2. The van der Waals surface area contributed by atoms with Crippen LogP contribution in [-0.4, -0.2) is 67.3 Å². The first-order valence-electron chi connectivity index (χ1n) is 9.65. The van der Waals surface area contributed by atoms with Crippen molar-refractivity contribution in [3.8, 4) is 17.2 Å².